The van der Waals surface area contributed by atoms with E-state index in [2.05, 4.69) is 49.9 Å². The minimum atomic E-state index is -0.723. The lowest BCUT2D eigenvalue weighted by molar-refractivity contribution is -0.0412. The molecule has 0 saturated carbocycles. The molecular formula is C24H31F2N9O3. The summed E-state index contributed by atoms with van der Waals surface area (Å²) in [6.07, 6.45) is 4.81. The van der Waals surface area contributed by atoms with Crippen LogP contribution >= 0.6 is 0 Å². The van der Waals surface area contributed by atoms with Crippen LogP contribution in [-0.4, -0.2) is 70.6 Å². The Morgan fingerprint density at radius 1 is 1.24 bits per heavy atom. The maximum Gasteiger partial charge on any atom is 0.368 e. The number of aliphatic hydroxyl groups is 1. The van der Waals surface area contributed by atoms with Gasteiger partial charge in [-0.05, 0) is 80.6 Å². The number of rotatable bonds is 8. The third kappa shape index (κ3) is 5.11. The summed E-state index contributed by atoms with van der Waals surface area (Å²) < 4.78 is 31.5. The minimum Gasteiger partial charge on any atom is -0.396 e. The van der Waals surface area contributed by atoms with Crippen molar-refractivity contribution >= 4 is 17.5 Å². The first-order valence-corrected chi connectivity index (χ1v) is 12.6. The van der Waals surface area contributed by atoms with Crippen molar-refractivity contribution in [2.75, 3.05) is 23.9 Å². The second kappa shape index (κ2) is 10.3. The van der Waals surface area contributed by atoms with Gasteiger partial charge in [0.2, 0.25) is 5.95 Å². The van der Waals surface area contributed by atoms with Gasteiger partial charge in [0.05, 0.1) is 23.7 Å². The van der Waals surface area contributed by atoms with Crippen molar-refractivity contribution in [2.24, 2.45) is 7.05 Å². The van der Waals surface area contributed by atoms with Crippen LogP contribution in [0.25, 0.3) is 5.69 Å². The van der Waals surface area contributed by atoms with Crippen LogP contribution in [0.2, 0.25) is 0 Å². The maximum absolute atomic E-state index is 15.0. The Morgan fingerprint density at radius 2 is 2.05 bits per heavy atom. The summed E-state index contributed by atoms with van der Waals surface area (Å²) in [5, 5.41) is 19.6. The minimum absolute atomic E-state index is 0.0226. The van der Waals surface area contributed by atoms with E-state index < -0.39 is 17.3 Å². The lowest BCUT2D eigenvalue weighted by Crippen LogP contribution is -2.54. The third-order valence-corrected chi connectivity index (χ3v) is 7.23. The fraction of sp³-hybridized carbons (Fsp3) is 0.542. The van der Waals surface area contributed by atoms with Gasteiger partial charge in [0, 0.05) is 25.2 Å². The molecule has 2 aromatic heterocycles. The number of nitrogens with one attached hydrogen (secondary N) is 2. The lowest BCUT2D eigenvalue weighted by atomic mass is 9.85. The molecule has 0 amide bonds. The number of hydrogen-bond donors (Lipinski definition) is 3. The molecule has 2 saturated heterocycles. The average Bonchev–Trinajstić information content (AvgIpc) is 3.48. The molecule has 38 heavy (non-hydrogen) atoms. The normalized spacial score (nSPS) is 20.9. The van der Waals surface area contributed by atoms with E-state index in [9.17, 15) is 18.7 Å². The second-order valence-electron chi connectivity index (χ2n) is 10.3. The molecule has 0 radical (unpaired) electrons. The molecule has 204 valence electrons. The first-order chi connectivity index (χ1) is 18.2. The molecule has 3 N–H and O–H groups in total. The molecular weight excluding hydrogens is 500 g/mol. The van der Waals surface area contributed by atoms with Gasteiger partial charge < -0.3 is 10.4 Å². The average molecular weight is 532 g/mol. The first-order valence-electron chi connectivity index (χ1n) is 12.6. The van der Waals surface area contributed by atoms with Gasteiger partial charge in [-0.3, -0.25) is 9.74 Å². The van der Waals surface area contributed by atoms with Crippen LogP contribution in [0.1, 0.15) is 45.1 Å². The molecule has 0 spiro atoms. The van der Waals surface area contributed by atoms with Gasteiger partial charge >= 0.3 is 5.69 Å². The summed E-state index contributed by atoms with van der Waals surface area (Å²) in [5.74, 6) is -1.68. The molecule has 0 aliphatic carbocycles. The summed E-state index contributed by atoms with van der Waals surface area (Å²) in [5.41, 5.74) is 2.58. The number of aliphatic hydroxyl groups excluding tert-OH is 1. The Kier molecular flexibility index (Phi) is 7.11. The fourth-order valence-corrected chi connectivity index (χ4v) is 5.47. The van der Waals surface area contributed by atoms with Crippen molar-refractivity contribution in [3.8, 4) is 5.69 Å². The molecule has 2 atom stereocenters. The van der Waals surface area contributed by atoms with Crippen LogP contribution in [0.5, 0.6) is 0 Å². The van der Waals surface area contributed by atoms with Crippen molar-refractivity contribution in [1.29, 1.82) is 0 Å². The summed E-state index contributed by atoms with van der Waals surface area (Å²) in [4.78, 5) is 28.8. The summed E-state index contributed by atoms with van der Waals surface area (Å²) in [6.45, 7) is 5.20. The molecule has 5 rings (SSSR count). The van der Waals surface area contributed by atoms with Crippen LogP contribution in [0, 0.1) is 11.6 Å². The van der Waals surface area contributed by atoms with Crippen LogP contribution in [0.3, 0.4) is 0 Å². The van der Waals surface area contributed by atoms with Crippen LogP contribution in [-0.2, 0) is 18.3 Å². The number of aryl methyl sites for hydroxylation is 1. The van der Waals surface area contributed by atoms with E-state index in [1.807, 2.05) is 0 Å². The van der Waals surface area contributed by atoms with Gasteiger partial charge in [-0.2, -0.15) is 14.3 Å². The number of anilines is 3. The summed E-state index contributed by atoms with van der Waals surface area (Å²) in [6, 6.07) is 2.95. The van der Waals surface area contributed by atoms with Gasteiger partial charge in [0.25, 0.3) is 0 Å². The standard InChI is InChI=1S/C24H31F2N9O3/c1-24(2)12-16(10-15-5-4-7-34(15)24)38-30-21-18(26)13-27-22(29-21)28-19-11-20(14(6-8-36)9-17(19)25)35-23(37)33(3)31-32-35/h9,11,13,15-16,36H,4-8,10,12H2,1-3H3,(H2,27,28,29,30)/t15?,16-/m1/s1. The fourth-order valence-electron chi connectivity index (χ4n) is 5.47. The molecule has 2 aliphatic rings. The lowest BCUT2D eigenvalue weighted by Gasteiger charge is -2.47. The van der Waals surface area contributed by atoms with Crippen LogP contribution in [0.15, 0.2) is 23.1 Å². The highest BCUT2D eigenvalue weighted by Crippen LogP contribution is 2.38. The zero-order valence-corrected chi connectivity index (χ0v) is 21.5. The largest absolute Gasteiger partial charge is 0.396 e. The summed E-state index contributed by atoms with van der Waals surface area (Å²) in [7, 11) is 1.43. The molecule has 2 fully saturated rings. The number of halogens is 2. The highest BCUT2D eigenvalue weighted by atomic mass is 19.1. The maximum atomic E-state index is 15.0. The molecule has 12 nitrogen and oxygen atoms in total. The van der Waals surface area contributed by atoms with Crippen molar-refractivity contribution in [3.63, 3.8) is 0 Å². The molecule has 2 aliphatic heterocycles. The van der Waals surface area contributed by atoms with E-state index in [0.717, 1.165) is 47.8 Å². The van der Waals surface area contributed by atoms with Gasteiger partial charge in [0.15, 0.2) is 11.6 Å². The van der Waals surface area contributed by atoms with Crippen molar-refractivity contribution in [1.82, 2.24) is 34.7 Å². The van der Waals surface area contributed by atoms with Gasteiger partial charge in [-0.25, -0.2) is 24.0 Å². The highest BCUT2D eigenvalue weighted by Gasteiger charge is 2.43. The quantitative estimate of drug-likeness (QED) is 0.371. The first kappa shape index (κ1) is 26.1. The van der Waals surface area contributed by atoms with E-state index in [0.29, 0.717) is 11.6 Å². The molecule has 1 aromatic carbocycles. The number of nitrogens with zero attached hydrogens (tertiary/aromatic N) is 7. The Morgan fingerprint density at radius 3 is 2.79 bits per heavy atom. The zero-order chi connectivity index (χ0) is 27.0. The van der Waals surface area contributed by atoms with Crippen molar-refractivity contribution in [3.05, 3.63) is 46.0 Å². The predicted molar refractivity (Wildman–Crippen MR) is 134 cm³/mol. The Labute approximate surface area is 217 Å². The Bertz CT molecular complexity index is 1380. The molecule has 0 bridgehead atoms. The SMILES string of the molecule is Cn1nnn(-c2cc(Nc3ncc(F)c(NO[C@@H]4CC5CCCN5C(C)(C)C4)n3)c(F)cc2CCO)c1=O. The summed E-state index contributed by atoms with van der Waals surface area (Å²) >= 11 is 0. The number of tetrazole rings is 1. The van der Waals surface area contributed by atoms with Crippen molar-refractivity contribution < 1.29 is 18.7 Å². The smallest absolute Gasteiger partial charge is 0.368 e. The number of fused-ring (bicyclic) bond motifs is 1. The molecule has 1 unspecified atom stereocenters. The van der Waals surface area contributed by atoms with Crippen LogP contribution < -0.4 is 16.5 Å². The van der Waals surface area contributed by atoms with E-state index in [-0.39, 0.29) is 47.8 Å². The van der Waals surface area contributed by atoms with Gasteiger partial charge in [-0.1, -0.05) is 0 Å². The molecule has 3 aromatic rings. The highest BCUT2D eigenvalue weighted by molar-refractivity contribution is 5.61. The van der Waals surface area contributed by atoms with E-state index >= 15 is 0 Å². The molecule has 14 heteroatoms. The van der Waals surface area contributed by atoms with E-state index in [4.69, 9.17) is 4.84 Å². The Hall–Kier alpha value is -3.49. The third-order valence-electron chi connectivity index (χ3n) is 7.23. The topological polar surface area (TPSA) is 135 Å². The Balaban J connectivity index is 1.35. The second-order valence-corrected chi connectivity index (χ2v) is 10.3. The monoisotopic (exact) mass is 531 g/mol. The van der Waals surface area contributed by atoms with E-state index in [1.54, 1.807) is 0 Å². The van der Waals surface area contributed by atoms with E-state index in [1.165, 1.54) is 19.2 Å². The van der Waals surface area contributed by atoms with Gasteiger partial charge in [-0.15, -0.1) is 0 Å². The van der Waals surface area contributed by atoms with Crippen LogP contribution in [0.4, 0.5) is 26.2 Å². The number of hydrogen-bond acceptors (Lipinski definition) is 10. The molecule has 4 heterocycles. The van der Waals surface area contributed by atoms with Gasteiger partial charge in [0.1, 0.15) is 5.82 Å². The number of aromatic nitrogens is 6. The predicted octanol–water partition coefficient (Wildman–Crippen LogP) is 2.06. The van der Waals surface area contributed by atoms with Crippen molar-refractivity contribution in [2.45, 2.75) is 63.6 Å². The number of piperidine rings is 1. The number of benzene rings is 1. The zero-order valence-electron chi connectivity index (χ0n) is 21.5.